The first kappa shape index (κ1) is 19.8. The molecule has 6 heteroatoms. The number of benzene rings is 1. The van der Waals surface area contributed by atoms with Gasteiger partial charge in [0.1, 0.15) is 5.75 Å². The highest BCUT2D eigenvalue weighted by atomic mass is 32.2. The Balaban J connectivity index is 2.13. The fraction of sp³-hybridized carbons (Fsp3) is 0.632. The van der Waals surface area contributed by atoms with Crippen LogP contribution in [0.5, 0.6) is 5.75 Å². The zero-order chi connectivity index (χ0) is 18.4. The molecule has 1 amide bonds. The maximum absolute atomic E-state index is 13.0. The van der Waals surface area contributed by atoms with Crippen molar-refractivity contribution in [1.82, 2.24) is 4.90 Å². The van der Waals surface area contributed by atoms with Gasteiger partial charge in [0.15, 0.2) is 0 Å². The van der Waals surface area contributed by atoms with Crippen molar-refractivity contribution in [2.24, 2.45) is 11.8 Å². The van der Waals surface area contributed by atoms with E-state index in [0.717, 1.165) is 37.5 Å². The lowest BCUT2D eigenvalue weighted by Crippen LogP contribution is -2.38. The zero-order valence-corrected chi connectivity index (χ0v) is 16.2. The second-order valence-electron chi connectivity index (χ2n) is 7.38. The smallest absolute Gasteiger partial charge is 0.306 e. The van der Waals surface area contributed by atoms with Crippen LogP contribution in [0.3, 0.4) is 0 Å². The highest BCUT2D eigenvalue weighted by molar-refractivity contribution is 7.86. The minimum absolute atomic E-state index is 0.128. The van der Waals surface area contributed by atoms with E-state index in [1.54, 1.807) is 18.2 Å². The van der Waals surface area contributed by atoms with Crippen LogP contribution in [0.15, 0.2) is 24.3 Å². The van der Waals surface area contributed by atoms with E-state index in [-0.39, 0.29) is 17.6 Å². The third-order valence-electron chi connectivity index (χ3n) is 4.37. The van der Waals surface area contributed by atoms with Gasteiger partial charge in [0.2, 0.25) is 5.91 Å². The van der Waals surface area contributed by atoms with Crippen LogP contribution < -0.4 is 4.18 Å². The summed E-state index contributed by atoms with van der Waals surface area (Å²) in [6.45, 7) is 5.38. The van der Waals surface area contributed by atoms with Crippen LogP contribution in [-0.4, -0.2) is 32.0 Å². The average Bonchev–Trinajstić information content (AvgIpc) is 2.53. The molecule has 25 heavy (non-hydrogen) atoms. The van der Waals surface area contributed by atoms with Gasteiger partial charge < -0.3 is 9.08 Å². The molecule has 1 fully saturated rings. The molecule has 0 N–H and O–H groups in total. The molecule has 5 nitrogen and oxygen atoms in total. The Bertz CT molecular complexity index is 678. The molecule has 1 aromatic carbocycles. The molecule has 1 aliphatic rings. The maximum atomic E-state index is 13.0. The topological polar surface area (TPSA) is 63.7 Å². The quantitative estimate of drug-likeness (QED) is 0.691. The SMILES string of the molecule is CC(C)CN(Cc1cccc(OS(C)(=O)=O)c1)C(=O)C1CCCCC1. The Morgan fingerprint density at radius 1 is 1.24 bits per heavy atom. The van der Waals surface area contributed by atoms with Crippen LogP contribution in [0.4, 0.5) is 0 Å². The van der Waals surface area contributed by atoms with Crippen molar-refractivity contribution in [3.05, 3.63) is 29.8 Å². The molecule has 140 valence electrons. The average molecular weight is 368 g/mol. The molecule has 0 heterocycles. The Kier molecular flexibility index (Phi) is 6.87. The van der Waals surface area contributed by atoms with Crippen molar-refractivity contribution in [2.75, 3.05) is 12.8 Å². The first-order chi connectivity index (χ1) is 11.7. The summed E-state index contributed by atoms with van der Waals surface area (Å²) in [5.41, 5.74) is 0.881. The lowest BCUT2D eigenvalue weighted by atomic mass is 9.88. The minimum atomic E-state index is -3.56. The van der Waals surface area contributed by atoms with Gasteiger partial charge >= 0.3 is 10.1 Å². The molecule has 2 rings (SSSR count). The highest BCUT2D eigenvalue weighted by Gasteiger charge is 2.26. The van der Waals surface area contributed by atoms with Crippen molar-refractivity contribution in [2.45, 2.75) is 52.5 Å². The van der Waals surface area contributed by atoms with Crippen molar-refractivity contribution < 1.29 is 17.4 Å². The van der Waals surface area contributed by atoms with Crippen LogP contribution in [0.1, 0.15) is 51.5 Å². The Morgan fingerprint density at radius 2 is 1.92 bits per heavy atom. The Labute approximate surface area is 151 Å². The lowest BCUT2D eigenvalue weighted by Gasteiger charge is -2.30. The first-order valence-electron chi connectivity index (χ1n) is 9.02. The second kappa shape index (κ2) is 8.70. The molecule has 1 aromatic rings. The van der Waals surface area contributed by atoms with Gasteiger partial charge in [0.05, 0.1) is 6.26 Å². The highest BCUT2D eigenvalue weighted by Crippen LogP contribution is 2.27. The summed E-state index contributed by atoms with van der Waals surface area (Å²) in [7, 11) is -3.56. The van der Waals surface area contributed by atoms with Crippen LogP contribution in [0.25, 0.3) is 0 Å². The summed E-state index contributed by atoms with van der Waals surface area (Å²) in [5, 5.41) is 0. The lowest BCUT2D eigenvalue weighted by molar-refractivity contribution is -0.137. The predicted molar refractivity (Wildman–Crippen MR) is 98.7 cm³/mol. The molecule has 1 saturated carbocycles. The van der Waals surface area contributed by atoms with E-state index in [9.17, 15) is 13.2 Å². The summed E-state index contributed by atoms with van der Waals surface area (Å²) in [5.74, 6) is 1.02. The molecule has 0 aliphatic heterocycles. The van der Waals surface area contributed by atoms with E-state index in [2.05, 4.69) is 13.8 Å². The Morgan fingerprint density at radius 3 is 2.52 bits per heavy atom. The largest absolute Gasteiger partial charge is 0.383 e. The summed E-state index contributed by atoms with van der Waals surface area (Å²) < 4.78 is 27.6. The van der Waals surface area contributed by atoms with Crippen molar-refractivity contribution >= 4 is 16.0 Å². The maximum Gasteiger partial charge on any atom is 0.306 e. The van der Waals surface area contributed by atoms with Crippen LogP contribution >= 0.6 is 0 Å². The summed E-state index contributed by atoms with van der Waals surface area (Å²) in [6, 6.07) is 6.97. The van der Waals surface area contributed by atoms with Crippen LogP contribution in [-0.2, 0) is 21.5 Å². The fourth-order valence-corrected chi connectivity index (χ4v) is 3.83. The van der Waals surface area contributed by atoms with Crippen molar-refractivity contribution in [3.63, 3.8) is 0 Å². The standard InChI is InChI=1S/C19H29NO4S/c1-15(2)13-20(19(21)17-9-5-4-6-10-17)14-16-8-7-11-18(12-16)24-25(3,22)23/h7-8,11-12,15,17H,4-6,9-10,13-14H2,1-3H3. The fourth-order valence-electron chi connectivity index (χ4n) is 3.37. The van der Waals surface area contributed by atoms with E-state index in [4.69, 9.17) is 4.18 Å². The van der Waals surface area contributed by atoms with Gasteiger partial charge in [0, 0.05) is 19.0 Å². The molecule has 0 spiro atoms. The van der Waals surface area contributed by atoms with Crippen LogP contribution in [0, 0.1) is 11.8 Å². The predicted octanol–water partition coefficient (Wildman–Crippen LogP) is 3.59. The van der Waals surface area contributed by atoms with E-state index >= 15 is 0 Å². The number of hydrogen-bond donors (Lipinski definition) is 0. The van der Waals surface area contributed by atoms with Gasteiger partial charge in [-0.1, -0.05) is 45.2 Å². The third-order valence-corrected chi connectivity index (χ3v) is 4.87. The summed E-state index contributed by atoms with van der Waals surface area (Å²) in [6.07, 6.45) is 6.46. The van der Waals surface area contributed by atoms with Gasteiger partial charge in [-0.25, -0.2) is 0 Å². The number of hydrogen-bond acceptors (Lipinski definition) is 4. The molecule has 1 aliphatic carbocycles. The molecule has 0 saturated heterocycles. The van der Waals surface area contributed by atoms with Gasteiger partial charge in [-0.05, 0) is 36.5 Å². The Hall–Kier alpha value is -1.56. The number of carbonyl (C=O) groups is 1. The van der Waals surface area contributed by atoms with E-state index in [1.165, 1.54) is 6.42 Å². The minimum Gasteiger partial charge on any atom is -0.383 e. The molecular formula is C19H29NO4S. The number of amides is 1. The molecule has 0 radical (unpaired) electrons. The molecule has 0 bridgehead atoms. The molecule has 0 atom stereocenters. The first-order valence-corrected chi connectivity index (χ1v) is 10.8. The second-order valence-corrected chi connectivity index (χ2v) is 8.96. The van der Waals surface area contributed by atoms with E-state index in [0.29, 0.717) is 19.0 Å². The number of nitrogens with zero attached hydrogens (tertiary/aromatic N) is 1. The molecule has 0 unspecified atom stereocenters. The molecular weight excluding hydrogens is 338 g/mol. The normalized spacial score (nSPS) is 16.0. The van der Waals surface area contributed by atoms with Gasteiger partial charge in [0.25, 0.3) is 0 Å². The van der Waals surface area contributed by atoms with Crippen molar-refractivity contribution in [1.29, 1.82) is 0 Å². The third kappa shape index (κ3) is 6.69. The summed E-state index contributed by atoms with van der Waals surface area (Å²) in [4.78, 5) is 14.9. The van der Waals surface area contributed by atoms with Gasteiger partial charge in [-0.15, -0.1) is 0 Å². The molecule has 0 aromatic heterocycles. The number of rotatable bonds is 7. The number of carbonyl (C=O) groups excluding carboxylic acids is 1. The summed E-state index contributed by atoms with van der Waals surface area (Å²) >= 11 is 0. The van der Waals surface area contributed by atoms with E-state index < -0.39 is 10.1 Å². The van der Waals surface area contributed by atoms with Gasteiger partial charge in [-0.2, -0.15) is 8.42 Å². The van der Waals surface area contributed by atoms with E-state index in [1.807, 2.05) is 11.0 Å². The van der Waals surface area contributed by atoms with Gasteiger partial charge in [-0.3, -0.25) is 4.79 Å². The monoisotopic (exact) mass is 367 g/mol. The zero-order valence-electron chi connectivity index (χ0n) is 15.4. The van der Waals surface area contributed by atoms with Crippen LogP contribution in [0.2, 0.25) is 0 Å². The van der Waals surface area contributed by atoms with Crippen molar-refractivity contribution in [3.8, 4) is 5.75 Å².